The summed E-state index contributed by atoms with van der Waals surface area (Å²) in [5.74, 6) is 0. The van der Waals surface area contributed by atoms with Gasteiger partial charge in [0.05, 0.1) is 1.93 Å². The van der Waals surface area contributed by atoms with E-state index in [0.717, 1.165) is 6.61 Å². The lowest BCUT2D eigenvalue weighted by Crippen LogP contribution is -2.48. The maximum atomic E-state index is 6.45. The van der Waals surface area contributed by atoms with E-state index in [4.69, 9.17) is 4.43 Å². The summed E-state index contributed by atoms with van der Waals surface area (Å²) < 4.78 is 7.14. The molecule has 0 rings (SSSR count). The molecule has 0 atom stereocenters. The molecule has 0 aromatic carbocycles. The quantitative estimate of drug-likeness (QED) is 0.262. The van der Waals surface area contributed by atoms with Gasteiger partial charge in [0.15, 0.2) is 8.32 Å². The van der Waals surface area contributed by atoms with E-state index < -0.39 is 8.32 Å². The second kappa shape index (κ2) is 7.94. The fourth-order valence-electron chi connectivity index (χ4n) is 2.82. The monoisotopic (exact) mass is 468 g/mol. The molecule has 0 saturated carbocycles. The van der Waals surface area contributed by atoms with E-state index in [-0.39, 0.29) is 0 Å². The SMILES string of the molecule is CC(C)[Si](OCCC(I)I)(C(C)C)C(C)C. The molecule has 0 heterocycles. The van der Waals surface area contributed by atoms with Gasteiger partial charge in [-0.05, 0) is 23.0 Å². The first-order valence-electron chi connectivity index (χ1n) is 6.17. The summed E-state index contributed by atoms with van der Waals surface area (Å²) in [6.45, 7) is 15.0. The van der Waals surface area contributed by atoms with Crippen molar-refractivity contribution in [2.45, 2.75) is 66.5 Å². The van der Waals surface area contributed by atoms with Crippen molar-refractivity contribution in [2.75, 3.05) is 6.61 Å². The van der Waals surface area contributed by atoms with Crippen LogP contribution >= 0.6 is 45.2 Å². The van der Waals surface area contributed by atoms with Crippen LogP contribution in [0, 0.1) is 0 Å². The van der Waals surface area contributed by atoms with Gasteiger partial charge in [0.2, 0.25) is 0 Å². The molecular weight excluding hydrogens is 442 g/mol. The molecule has 0 radical (unpaired) electrons. The Morgan fingerprint density at radius 3 is 1.50 bits per heavy atom. The smallest absolute Gasteiger partial charge is 0.200 e. The van der Waals surface area contributed by atoms with Crippen LogP contribution in [0.4, 0.5) is 0 Å². The lowest BCUT2D eigenvalue weighted by atomic mass is 10.5. The minimum atomic E-state index is -1.60. The van der Waals surface area contributed by atoms with Crippen LogP contribution in [0.3, 0.4) is 0 Å². The molecule has 0 aromatic heterocycles. The Morgan fingerprint density at radius 1 is 0.875 bits per heavy atom. The van der Waals surface area contributed by atoms with Gasteiger partial charge in [-0.3, -0.25) is 0 Å². The van der Waals surface area contributed by atoms with Crippen molar-refractivity contribution in [3.05, 3.63) is 0 Å². The van der Waals surface area contributed by atoms with Gasteiger partial charge in [0.25, 0.3) is 0 Å². The molecule has 0 bridgehead atoms. The Kier molecular flexibility index (Phi) is 8.75. The Bertz CT molecular complexity index is 172. The molecule has 0 spiro atoms. The van der Waals surface area contributed by atoms with Crippen LogP contribution < -0.4 is 0 Å². The van der Waals surface area contributed by atoms with Gasteiger partial charge >= 0.3 is 0 Å². The first-order chi connectivity index (χ1) is 7.25. The van der Waals surface area contributed by atoms with Crippen LogP contribution in [-0.2, 0) is 4.43 Å². The van der Waals surface area contributed by atoms with Gasteiger partial charge in [-0.1, -0.05) is 86.7 Å². The number of halogens is 2. The molecule has 98 valence electrons. The minimum absolute atomic E-state index is 0.688. The van der Waals surface area contributed by atoms with E-state index in [0.29, 0.717) is 18.6 Å². The third kappa shape index (κ3) is 4.72. The van der Waals surface area contributed by atoms with Gasteiger partial charge in [-0.25, -0.2) is 0 Å². The Hall–Kier alpha value is 1.64. The van der Waals surface area contributed by atoms with Crippen molar-refractivity contribution in [3.63, 3.8) is 0 Å². The standard InChI is InChI=1S/C12H26I2OSi/c1-9(2)16(10(3)4,11(5)6)15-8-7-12(13)14/h9-12H,7-8H2,1-6H3. The second-order valence-corrected chi connectivity index (χ2v) is 16.2. The van der Waals surface area contributed by atoms with Crippen molar-refractivity contribution in [2.24, 2.45) is 0 Å². The van der Waals surface area contributed by atoms with Crippen molar-refractivity contribution in [1.82, 2.24) is 0 Å². The molecule has 0 saturated heterocycles. The first-order valence-corrected chi connectivity index (χ1v) is 10.8. The molecule has 0 aromatic rings. The highest BCUT2D eigenvalue weighted by Crippen LogP contribution is 2.42. The maximum Gasteiger partial charge on any atom is 0.200 e. The molecule has 0 aliphatic rings. The second-order valence-electron chi connectivity index (χ2n) is 5.35. The van der Waals surface area contributed by atoms with Crippen LogP contribution in [0.25, 0.3) is 0 Å². The van der Waals surface area contributed by atoms with E-state index in [1.807, 2.05) is 0 Å². The molecule has 0 unspecified atom stereocenters. The van der Waals surface area contributed by atoms with Crippen molar-refractivity contribution in [3.8, 4) is 0 Å². The molecule has 0 fully saturated rings. The highest BCUT2D eigenvalue weighted by atomic mass is 127. The largest absolute Gasteiger partial charge is 0.416 e. The molecule has 1 nitrogen and oxygen atoms in total. The van der Waals surface area contributed by atoms with E-state index in [2.05, 4.69) is 86.7 Å². The molecule has 16 heavy (non-hydrogen) atoms. The van der Waals surface area contributed by atoms with E-state index in [1.54, 1.807) is 0 Å². The predicted molar refractivity (Wildman–Crippen MR) is 93.4 cm³/mol. The van der Waals surface area contributed by atoms with Crippen LogP contribution in [0.15, 0.2) is 0 Å². The average molecular weight is 468 g/mol. The summed E-state index contributed by atoms with van der Waals surface area (Å²) in [6, 6.07) is 0. The van der Waals surface area contributed by atoms with Crippen molar-refractivity contribution >= 4 is 53.5 Å². The summed E-state index contributed by atoms with van der Waals surface area (Å²) in [7, 11) is -1.60. The Labute approximate surface area is 130 Å². The Morgan fingerprint density at radius 2 is 1.25 bits per heavy atom. The fourth-order valence-corrected chi connectivity index (χ4v) is 8.80. The summed E-state index contributed by atoms with van der Waals surface area (Å²) in [5, 5.41) is 0. The number of hydrogen-bond acceptors (Lipinski definition) is 1. The number of alkyl halides is 2. The summed E-state index contributed by atoms with van der Waals surface area (Å²) in [6.07, 6.45) is 1.17. The third-order valence-electron chi connectivity index (χ3n) is 3.40. The topological polar surface area (TPSA) is 9.23 Å². The Balaban J connectivity index is 4.64. The molecule has 4 heteroatoms. The zero-order chi connectivity index (χ0) is 12.9. The number of rotatable bonds is 7. The lowest BCUT2D eigenvalue weighted by molar-refractivity contribution is 0.278. The molecular formula is C12H26I2OSi. The fraction of sp³-hybridized carbons (Fsp3) is 1.00. The third-order valence-corrected chi connectivity index (χ3v) is 10.8. The van der Waals surface area contributed by atoms with Crippen LogP contribution in [0.1, 0.15) is 48.0 Å². The predicted octanol–water partition coefficient (Wildman–Crippen LogP) is 5.76. The van der Waals surface area contributed by atoms with Gasteiger partial charge in [-0.2, -0.15) is 0 Å². The molecule has 0 N–H and O–H groups in total. The van der Waals surface area contributed by atoms with Crippen molar-refractivity contribution in [1.29, 1.82) is 0 Å². The first kappa shape index (κ1) is 17.6. The molecule has 0 aliphatic carbocycles. The molecule has 0 aliphatic heterocycles. The van der Waals surface area contributed by atoms with Gasteiger partial charge in [-0.15, -0.1) is 0 Å². The summed E-state index contributed by atoms with van der Waals surface area (Å²) in [5.41, 5.74) is 2.11. The van der Waals surface area contributed by atoms with Crippen LogP contribution in [0.2, 0.25) is 16.6 Å². The molecule has 0 amide bonds. The van der Waals surface area contributed by atoms with E-state index in [9.17, 15) is 0 Å². The minimum Gasteiger partial charge on any atom is -0.416 e. The maximum absolute atomic E-state index is 6.45. The normalized spacial score (nSPS) is 13.5. The van der Waals surface area contributed by atoms with Crippen LogP contribution in [0.5, 0.6) is 0 Å². The summed E-state index contributed by atoms with van der Waals surface area (Å²) in [4.78, 5) is 0. The van der Waals surface area contributed by atoms with E-state index in [1.165, 1.54) is 6.42 Å². The zero-order valence-electron chi connectivity index (χ0n) is 11.4. The zero-order valence-corrected chi connectivity index (χ0v) is 16.7. The summed E-state index contributed by atoms with van der Waals surface area (Å²) >= 11 is 4.94. The van der Waals surface area contributed by atoms with Crippen LogP contribution in [-0.4, -0.2) is 16.9 Å². The van der Waals surface area contributed by atoms with Gasteiger partial charge < -0.3 is 4.43 Å². The van der Waals surface area contributed by atoms with Crippen molar-refractivity contribution < 1.29 is 4.43 Å². The lowest BCUT2D eigenvalue weighted by Gasteiger charge is -2.42. The van der Waals surface area contributed by atoms with E-state index >= 15 is 0 Å². The van der Waals surface area contributed by atoms with Gasteiger partial charge in [0, 0.05) is 6.61 Å². The average Bonchev–Trinajstić information content (AvgIpc) is 2.09. The number of hydrogen-bond donors (Lipinski definition) is 0. The highest BCUT2D eigenvalue weighted by Gasteiger charge is 2.44. The van der Waals surface area contributed by atoms with Gasteiger partial charge in [0.1, 0.15) is 0 Å². The highest BCUT2D eigenvalue weighted by molar-refractivity contribution is 14.2.